The van der Waals surface area contributed by atoms with E-state index in [4.69, 9.17) is 0 Å². The summed E-state index contributed by atoms with van der Waals surface area (Å²) >= 11 is 0. The number of fused-ring (bicyclic) bond motifs is 2. The third-order valence-electron chi connectivity index (χ3n) is 4.07. The Labute approximate surface area is 80.3 Å². The Bertz CT molecular complexity index is 193. The molecule has 0 radical (unpaired) electrons. The summed E-state index contributed by atoms with van der Waals surface area (Å²) in [6.45, 7) is 4.31. The molecule has 0 unspecified atom stereocenters. The number of alkyl halides is 1. The minimum Gasteiger partial charge on any atom is -0.298 e. The molecule has 2 heteroatoms. The number of nitrogens with zero attached hydrogens (tertiary/aromatic N) is 1. The van der Waals surface area contributed by atoms with Gasteiger partial charge < -0.3 is 0 Å². The zero-order chi connectivity index (χ0) is 9.59. The molecule has 2 fully saturated rings. The Morgan fingerprint density at radius 3 is 2.62 bits per heavy atom. The summed E-state index contributed by atoms with van der Waals surface area (Å²) in [6, 6.07) is 0.899. The van der Waals surface area contributed by atoms with E-state index in [1.165, 1.54) is 6.42 Å². The molecule has 0 spiro atoms. The highest BCUT2D eigenvalue weighted by atomic mass is 19.1. The number of hydrogen-bond acceptors (Lipinski definition) is 1. The minimum atomic E-state index is -0.580. The largest absolute Gasteiger partial charge is 0.298 e. The molecule has 4 atom stereocenters. The Balaban J connectivity index is 2.13. The van der Waals surface area contributed by atoms with Crippen LogP contribution in [0.3, 0.4) is 0 Å². The van der Waals surface area contributed by atoms with E-state index in [2.05, 4.69) is 25.8 Å². The van der Waals surface area contributed by atoms with Crippen molar-refractivity contribution < 1.29 is 4.39 Å². The van der Waals surface area contributed by atoms with Crippen molar-refractivity contribution >= 4 is 0 Å². The van der Waals surface area contributed by atoms with Crippen molar-refractivity contribution in [2.75, 3.05) is 7.05 Å². The molecular formula is C11H20FN. The van der Waals surface area contributed by atoms with Crippen LogP contribution in [0.15, 0.2) is 0 Å². The first-order chi connectivity index (χ1) is 6.11. The lowest BCUT2D eigenvalue weighted by molar-refractivity contribution is 0.0199. The van der Waals surface area contributed by atoms with Crippen LogP contribution in [0.5, 0.6) is 0 Å². The summed E-state index contributed by atoms with van der Waals surface area (Å²) < 4.78 is 14.0. The quantitative estimate of drug-likeness (QED) is 0.606. The van der Waals surface area contributed by atoms with Gasteiger partial charge in [0.2, 0.25) is 0 Å². The monoisotopic (exact) mass is 185 g/mol. The molecule has 2 aliphatic rings. The van der Waals surface area contributed by atoms with Gasteiger partial charge in [0.25, 0.3) is 0 Å². The minimum absolute atomic E-state index is 0.228. The van der Waals surface area contributed by atoms with Gasteiger partial charge in [0.15, 0.2) is 0 Å². The van der Waals surface area contributed by atoms with E-state index in [1.54, 1.807) is 0 Å². The predicted octanol–water partition coefficient (Wildman–Crippen LogP) is 2.46. The van der Waals surface area contributed by atoms with Crippen LogP contribution in [0.2, 0.25) is 0 Å². The zero-order valence-corrected chi connectivity index (χ0v) is 8.83. The number of halogens is 1. The summed E-state index contributed by atoms with van der Waals surface area (Å²) in [5.74, 6) is 0.820. The summed E-state index contributed by atoms with van der Waals surface area (Å²) in [5, 5.41) is 0. The molecule has 2 saturated heterocycles. The zero-order valence-electron chi connectivity index (χ0n) is 8.83. The summed E-state index contributed by atoms with van der Waals surface area (Å²) in [5.41, 5.74) is 0. The van der Waals surface area contributed by atoms with E-state index < -0.39 is 6.17 Å². The van der Waals surface area contributed by atoms with Crippen LogP contribution in [0, 0.1) is 11.8 Å². The van der Waals surface area contributed by atoms with E-state index in [1.807, 2.05) is 0 Å². The first-order valence-electron chi connectivity index (χ1n) is 5.47. The summed E-state index contributed by atoms with van der Waals surface area (Å²) in [6.07, 6.45) is 2.78. The highest BCUT2D eigenvalue weighted by Gasteiger charge is 2.46. The van der Waals surface area contributed by atoms with Crippen molar-refractivity contribution in [1.29, 1.82) is 0 Å². The van der Waals surface area contributed by atoms with Gasteiger partial charge in [0.1, 0.15) is 6.17 Å². The predicted molar refractivity (Wildman–Crippen MR) is 52.4 cm³/mol. The van der Waals surface area contributed by atoms with Gasteiger partial charge >= 0.3 is 0 Å². The van der Waals surface area contributed by atoms with E-state index in [-0.39, 0.29) is 6.04 Å². The van der Waals surface area contributed by atoms with Crippen molar-refractivity contribution in [3.63, 3.8) is 0 Å². The molecule has 2 bridgehead atoms. The molecule has 0 aromatic carbocycles. The van der Waals surface area contributed by atoms with Crippen molar-refractivity contribution in [3.05, 3.63) is 0 Å². The standard InChI is InChI=1S/C11H20FN/c1-7(2)9-6-8-4-5-10(11(9)12)13(8)3/h7-11H,4-6H2,1-3H3/t8-,9-,10-,11+/m0/s1. The number of piperidine rings is 1. The van der Waals surface area contributed by atoms with Gasteiger partial charge in [-0.3, -0.25) is 4.90 Å². The molecule has 0 saturated carbocycles. The molecule has 2 aliphatic heterocycles. The second-order valence-electron chi connectivity index (χ2n) is 5.05. The fourth-order valence-corrected chi connectivity index (χ4v) is 3.08. The van der Waals surface area contributed by atoms with Gasteiger partial charge in [-0.1, -0.05) is 13.8 Å². The van der Waals surface area contributed by atoms with Gasteiger partial charge in [-0.25, -0.2) is 4.39 Å². The van der Waals surface area contributed by atoms with Crippen LogP contribution in [0.25, 0.3) is 0 Å². The highest BCUT2D eigenvalue weighted by Crippen LogP contribution is 2.41. The van der Waals surface area contributed by atoms with Gasteiger partial charge in [-0.15, -0.1) is 0 Å². The second kappa shape index (κ2) is 3.23. The smallest absolute Gasteiger partial charge is 0.119 e. The Morgan fingerprint density at radius 2 is 2.00 bits per heavy atom. The number of rotatable bonds is 1. The Hall–Kier alpha value is -0.110. The van der Waals surface area contributed by atoms with Gasteiger partial charge in [0.05, 0.1) is 0 Å². The van der Waals surface area contributed by atoms with Crippen LogP contribution in [-0.2, 0) is 0 Å². The first-order valence-corrected chi connectivity index (χ1v) is 5.47. The van der Waals surface area contributed by atoms with Crippen LogP contribution in [0.4, 0.5) is 4.39 Å². The Morgan fingerprint density at radius 1 is 1.31 bits per heavy atom. The van der Waals surface area contributed by atoms with E-state index in [9.17, 15) is 4.39 Å². The molecule has 0 aromatic rings. The van der Waals surface area contributed by atoms with Crippen molar-refractivity contribution in [2.45, 2.75) is 51.4 Å². The van der Waals surface area contributed by atoms with Crippen LogP contribution >= 0.6 is 0 Å². The summed E-state index contributed by atoms with van der Waals surface area (Å²) in [4.78, 5) is 2.27. The maximum Gasteiger partial charge on any atom is 0.119 e. The second-order valence-corrected chi connectivity index (χ2v) is 5.05. The molecule has 2 heterocycles. The fourth-order valence-electron chi connectivity index (χ4n) is 3.08. The Kier molecular flexibility index (Phi) is 2.35. The first kappa shape index (κ1) is 9.45. The third kappa shape index (κ3) is 1.39. The van der Waals surface area contributed by atoms with Crippen molar-refractivity contribution in [1.82, 2.24) is 4.90 Å². The molecule has 76 valence electrons. The lowest BCUT2D eigenvalue weighted by Crippen LogP contribution is -2.49. The van der Waals surface area contributed by atoms with E-state index in [0.29, 0.717) is 17.9 Å². The molecule has 1 nitrogen and oxygen atoms in total. The molecule has 2 rings (SSSR count). The van der Waals surface area contributed by atoms with Crippen LogP contribution in [0.1, 0.15) is 33.1 Å². The van der Waals surface area contributed by atoms with E-state index >= 15 is 0 Å². The summed E-state index contributed by atoms with van der Waals surface area (Å²) in [7, 11) is 2.09. The van der Waals surface area contributed by atoms with Crippen molar-refractivity contribution in [3.8, 4) is 0 Å². The molecule has 13 heavy (non-hydrogen) atoms. The average molecular weight is 185 g/mol. The van der Waals surface area contributed by atoms with Crippen LogP contribution in [-0.4, -0.2) is 30.2 Å². The average Bonchev–Trinajstić information content (AvgIpc) is 2.29. The lowest BCUT2D eigenvalue weighted by atomic mass is 9.81. The lowest BCUT2D eigenvalue weighted by Gasteiger charge is -2.40. The van der Waals surface area contributed by atoms with Crippen molar-refractivity contribution in [2.24, 2.45) is 11.8 Å². The topological polar surface area (TPSA) is 3.24 Å². The SMILES string of the molecule is CC(C)[C@@H]1C[C@@H]2CC[C@@H]([C@@H]1F)N2C. The normalized spacial score (nSPS) is 45.9. The van der Waals surface area contributed by atoms with Gasteiger partial charge in [0, 0.05) is 12.1 Å². The molecule has 0 N–H and O–H groups in total. The fraction of sp³-hybridized carbons (Fsp3) is 1.00. The third-order valence-corrected chi connectivity index (χ3v) is 4.07. The molecule has 0 aromatic heterocycles. The highest BCUT2D eigenvalue weighted by molar-refractivity contribution is 4.99. The number of hydrogen-bond donors (Lipinski definition) is 0. The maximum atomic E-state index is 14.0. The van der Waals surface area contributed by atoms with Gasteiger partial charge in [-0.05, 0) is 38.1 Å². The molecular weight excluding hydrogens is 165 g/mol. The molecule has 0 aliphatic carbocycles. The molecule has 0 amide bonds. The van der Waals surface area contributed by atoms with Gasteiger partial charge in [-0.2, -0.15) is 0 Å². The maximum absolute atomic E-state index is 14.0. The van der Waals surface area contributed by atoms with Crippen LogP contribution < -0.4 is 0 Å². The van der Waals surface area contributed by atoms with E-state index in [0.717, 1.165) is 12.8 Å².